The van der Waals surface area contributed by atoms with Crippen molar-refractivity contribution in [3.05, 3.63) is 35.4 Å². The lowest BCUT2D eigenvalue weighted by atomic mass is 10.0. The van der Waals surface area contributed by atoms with E-state index in [2.05, 4.69) is 45.0 Å². The molecule has 0 aliphatic rings. The van der Waals surface area contributed by atoms with Crippen LogP contribution in [0.2, 0.25) is 0 Å². The van der Waals surface area contributed by atoms with Crippen LogP contribution in [0.25, 0.3) is 0 Å². The molecule has 19 heavy (non-hydrogen) atoms. The smallest absolute Gasteiger partial charge is 0.0974 e. The maximum Gasteiger partial charge on any atom is 0.0974 e. The molecule has 0 radical (unpaired) electrons. The molecule has 1 aromatic rings. The molecular formula is C16H27NO2. The molecule has 0 fully saturated rings. The molecule has 0 aliphatic carbocycles. The zero-order valence-electron chi connectivity index (χ0n) is 12.6. The summed E-state index contributed by atoms with van der Waals surface area (Å²) >= 11 is 0. The molecule has 0 spiro atoms. The van der Waals surface area contributed by atoms with Gasteiger partial charge in [0.2, 0.25) is 0 Å². The minimum atomic E-state index is -0.0664. The van der Waals surface area contributed by atoms with Gasteiger partial charge in [0.1, 0.15) is 0 Å². The van der Waals surface area contributed by atoms with Crippen molar-refractivity contribution in [1.29, 1.82) is 0 Å². The van der Waals surface area contributed by atoms with Gasteiger partial charge >= 0.3 is 0 Å². The summed E-state index contributed by atoms with van der Waals surface area (Å²) in [5.41, 5.74) is 8.38. The van der Waals surface area contributed by atoms with E-state index in [9.17, 15) is 0 Å². The third kappa shape index (κ3) is 6.19. The van der Waals surface area contributed by atoms with Gasteiger partial charge in [0.15, 0.2) is 0 Å². The largest absolute Gasteiger partial charge is 0.379 e. The Kier molecular flexibility index (Phi) is 7.06. The topological polar surface area (TPSA) is 44.5 Å². The zero-order chi connectivity index (χ0) is 14.3. The summed E-state index contributed by atoms with van der Waals surface area (Å²) in [6, 6.07) is 8.30. The Morgan fingerprint density at radius 1 is 1.05 bits per heavy atom. The molecule has 0 aliphatic heterocycles. The van der Waals surface area contributed by atoms with E-state index in [1.54, 1.807) is 0 Å². The molecule has 0 aromatic heterocycles. The van der Waals surface area contributed by atoms with Gasteiger partial charge in [-0.1, -0.05) is 43.7 Å². The average Bonchev–Trinajstić information content (AvgIpc) is 2.34. The summed E-state index contributed by atoms with van der Waals surface area (Å²) in [5, 5.41) is 0. The van der Waals surface area contributed by atoms with E-state index in [0.717, 1.165) is 12.2 Å². The summed E-state index contributed by atoms with van der Waals surface area (Å²) < 4.78 is 11.4. The van der Waals surface area contributed by atoms with Crippen molar-refractivity contribution in [2.75, 3.05) is 19.8 Å². The van der Waals surface area contributed by atoms with Crippen LogP contribution in [0.3, 0.4) is 0 Å². The predicted octanol–water partition coefficient (Wildman–Crippen LogP) is 3.07. The van der Waals surface area contributed by atoms with Crippen molar-refractivity contribution in [1.82, 2.24) is 0 Å². The van der Waals surface area contributed by atoms with Gasteiger partial charge in [-0.3, -0.25) is 0 Å². The van der Waals surface area contributed by atoms with Crippen molar-refractivity contribution in [3.63, 3.8) is 0 Å². The quantitative estimate of drug-likeness (QED) is 0.735. The number of ether oxygens (including phenoxy) is 2. The summed E-state index contributed by atoms with van der Waals surface area (Å²) in [7, 11) is 0. The summed E-state index contributed by atoms with van der Waals surface area (Å²) in [6.45, 7) is 10.3. The van der Waals surface area contributed by atoms with Gasteiger partial charge in [-0.05, 0) is 25.3 Å². The van der Waals surface area contributed by atoms with Crippen LogP contribution in [0, 0.1) is 12.8 Å². The highest BCUT2D eigenvalue weighted by atomic mass is 16.5. The number of hydrogen-bond acceptors (Lipinski definition) is 3. The summed E-state index contributed by atoms with van der Waals surface area (Å²) in [4.78, 5) is 0. The fourth-order valence-electron chi connectivity index (χ4n) is 1.86. The Morgan fingerprint density at radius 3 is 2.21 bits per heavy atom. The second-order valence-electron chi connectivity index (χ2n) is 5.53. The molecular weight excluding hydrogens is 238 g/mol. The number of rotatable bonds is 8. The Hall–Kier alpha value is -0.900. The second-order valence-corrected chi connectivity index (χ2v) is 5.53. The first-order chi connectivity index (χ1) is 9.00. The molecule has 3 heteroatoms. The summed E-state index contributed by atoms with van der Waals surface area (Å²) in [6.07, 6.45) is -0.0664. The molecule has 0 saturated heterocycles. The third-order valence-corrected chi connectivity index (χ3v) is 2.86. The Bertz CT molecular complexity index is 346. The van der Waals surface area contributed by atoms with Gasteiger partial charge in [0, 0.05) is 12.6 Å². The first-order valence-electron chi connectivity index (χ1n) is 7.02. The number of nitrogens with two attached hydrogens (primary N) is 1. The van der Waals surface area contributed by atoms with E-state index in [1.807, 2.05) is 6.92 Å². The monoisotopic (exact) mass is 265 g/mol. The van der Waals surface area contributed by atoms with Gasteiger partial charge in [-0.2, -0.15) is 0 Å². The molecule has 1 aromatic carbocycles. The standard InChI is InChI=1S/C16H27NO2/c1-12(2)11-18-9-10-19-16(14(4)17)15-7-5-13(3)6-8-15/h5-8,12,14,16H,9-11,17H2,1-4H3. The normalized spacial score (nSPS) is 14.6. The van der Waals surface area contributed by atoms with Gasteiger partial charge < -0.3 is 15.2 Å². The van der Waals surface area contributed by atoms with Gasteiger partial charge in [-0.25, -0.2) is 0 Å². The Balaban J connectivity index is 2.43. The van der Waals surface area contributed by atoms with Crippen molar-refractivity contribution >= 4 is 0 Å². The zero-order valence-corrected chi connectivity index (χ0v) is 12.6. The maximum atomic E-state index is 6.00. The van der Waals surface area contributed by atoms with Crippen LogP contribution in [-0.2, 0) is 9.47 Å². The highest BCUT2D eigenvalue weighted by Crippen LogP contribution is 2.20. The van der Waals surface area contributed by atoms with Crippen molar-refractivity contribution < 1.29 is 9.47 Å². The van der Waals surface area contributed by atoms with E-state index in [4.69, 9.17) is 15.2 Å². The number of hydrogen-bond donors (Lipinski definition) is 1. The molecule has 2 N–H and O–H groups in total. The molecule has 1 rings (SSSR count). The van der Waals surface area contributed by atoms with Crippen LogP contribution in [0.15, 0.2) is 24.3 Å². The van der Waals surface area contributed by atoms with E-state index in [0.29, 0.717) is 19.1 Å². The lowest BCUT2D eigenvalue weighted by Crippen LogP contribution is -2.28. The molecule has 2 unspecified atom stereocenters. The maximum absolute atomic E-state index is 6.00. The molecule has 0 heterocycles. The minimum Gasteiger partial charge on any atom is -0.379 e. The second kappa shape index (κ2) is 8.31. The highest BCUT2D eigenvalue weighted by Gasteiger charge is 2.16. The van der Waals surface area contributed by atoms with Crippen molar-refractivity contribution in [2.45, 2.75) is 39.8 Å². The fraction of sp³-hybridized carbons (Fsp3) is 0.625. The van der Waals surface area contributed by atoms with Crippen molar-refractivity contribution in [2.24, 2.45) is 11.7 Å². The molecule has 2 atom stereocenters. The van der Waals surface area contributed by atoms with Gasteiger partial charge in [0.25, 0.3) is 0 Å². The van der Waals surface area contributed by atoms with E-state index in [-0.39, 0.29) is 12.1 Å². The van der Waals surface area contributed by atoms with Crippen LogP contribution >= 0.6 is 0 Å². The Morgan fingerprint density at radius 2 is 1.68 bits per heavy atom. The molecule has 0 bridgehead atoms. The first kappa shape index (κ1) is 16.2. The third-order valence-electron chi connectivity index (χ3n) is 2.86. The average molecular weight is 265 g/mol. The molecule has 0 amide bonds. The predicted molar refractivity (Wildman–Crippen MR) is 79.2 cm³/mol. The summed E-state index contributed by atoms with van der Waals surface area (Å²) in [5.74, 6) is 0.557. The lowest BCUT2D eigenvalue weighted by Gasteiger charge is -2.22. The van der Waals surface area contributed by atoms with Crippen LogP contribution in [0.4, 0.5) is 0 Å². The lowest BCUT2D eigenvalue weighted by molar-refractivity contribution is -0.00958. The molecule has 3 nitrogen and oxygen atoms in total. The van der Waals surface area contributed by atoms with Crippen LogP contribution in [0.1, 0.15) is 38.0 Å². The van der Waals surface area contributed by atoms with Crippen LogP contribution < -0.4 is 5.73 Å². The fourth-order valence-corrected chi connectivity index (χ4v) is 1.86. The van der Waals surface area contributed by atoms with Gasteiger partial charge in [0.05, 0.1) is 19.3 Å². The van der Waals surface area contributed by atoms with E-state index in [1.165, 1.54) is 5.56 Å². The van der Waals surface area contributed by atoms with Crippen molar-refractivity contribution in [3.8, 4) is 0 Å². The highest BCUT2D eigenvalue weighted by molar-refractivity contribution is 5.24. The molecule has 108 valence electrons. The van der Waals surface area contributed by atoms with E-state index >= 15 is 0 Å². The van der Waals surface area contributed by atoms with E-state index < -0.39 is 0 Å². The Labute approximate surface area is 117 Å². The van der Waals surface area contributed by atoms with Crippen LogP contribution in [-0.4, -0.2) is 25.9 Å². The number of benzene rings is 1. The first-order valence-corrected chi connectivity index (χ1v) is 7.02. The number of aryl methyl sites for hydroxylation is 1. The molecule has 0 saturated carbocycles. The van der Waals surface area contributed by atoms with Crippen LogP contribution in [0.5, 0.6) is 0 Å². The SMILES string of the molecule is Cc1ccc(C(OCCOCC(C)C)C(C)N)cc1. The minimum absolute atomic E-state index is 0.0344. The van der Waals surface area contributed by atoms with Gasteiger partial charge in [-0.15, -0.1) is 0 Å².